The first-order valence-electron chi connectivity index (χ1n) is 9.06. The number of para-hydroxylation sites is 1. The van der Waals surface area contributed by atoms with Crippen LogP contribution in [0.25, 0.3) is 10.8 Å². The summed E-state index contributed by atoms with van der Waals surface area (Å²) < 4.78 is 5.81. The van der Waals surface area contributed by atoms with E-state index >= 15 is 0 Å². The monoisotopic (exact) mass is 404 g/mol. The number of nitrogens with two attached hydrogens (primary N) is 1. The minimum Gasteiger partial charge on any atom is -0.489 e. The first-order valence-corrected chi connectivity index (χ1v) is 9.06. The van der Waals surface area contributed by atoms with Gasteiger partial charge in [0.15, 0.2) is 0 Å². The standard InChI is InChI=1S/C24H20N2O2.ClH/c25-23-12-6-8-17-13-14-19(15-22(17)23)26-24(27)21-11-5-4-7-18(21)16-28-20-9-2-1-3-10-20;/h1-15H,16,25H2,(H,26,27);1H. The van der Waals surface area contributed by atoms with Crippen LogP contribution in [-0.4, -0.2) is 5.91 Å². The number of ether oxygens (including phenoxy) is 1. The van der Waals surface area contributed by atoms with Gasteiger partial charge in [0.05, 0.1) is 0 Å². The van der Waals surface area contributed by atoms with Crippen molar-refractivity contribution in [1.82, 2.24) is 0 Å². The van der Waals surface area contributed by atoms with E-state index in [-0.39, 0.29) is 18.3 Å². The molecule has 0 fully saturated rings. The summed E-state index contributed by atoms with van der Waals surface area (Å²) in [6.45, 7) is 0.318. The maximum Gasteiger partial charge on any atom is 0.256 e. The molecule has 146 valence electrons. The molecule has 0 aliphatic carbocycles. The normalized spacial score (nSPS) is 10.2. The summed E-state index contributed by atoms with van der Waals surface area (Å²) in [5.74, 6) is 0.587. The van der Waals surface area contributed by atoms with Gasteiger partial charge in [-0.3, -0.25) is 4.79 Å². The molecule has 0 heterocycles. The van der Waals surface area contributed by atoms with Gasteiger partial charge in [-0.15, -0.1) is 12.4 Å². The SMILES string of the molecule is Cl.Nc1cccc2ccc(NC(=O)c3ccccc3COc3ccccc3)cc12. The lowest BCUT2D eigenvalue weighted by Crippen LogP contribution is -2.15. The molecule has 0 saturated heterocycles. The van der Waals surface area contributed by atoms with Crippen molar-refractivity contribution in [3.05, 3.63) is 102 Å². The van der Waals surface area contributed by atoms with Gasteiger partial charge < -0.3 is 15.8 Å². The highest BCUT2D eigenvalue weighted by atomic mass is 35.5. The number of amides is 1. The van der Waals surface area contributed by atoms with Crippen LogP contribution >= 0.6 is 12.4 Å². The molecule has 0 unspecified atom stereocenters. The Morgan fingerprint density at radius 1 is 0.862 bits per heavy atom. The molecule has 5 heteroatoms. The van der Waals surface area contributed by atoms with Gasteiger partial charge in [0.25, 0.3) is 5.91 Å². The van der Waals surface area contributed by atoms with E-state index < -0.39 is 0 Å². The molecule has 0 radical (unpaired) electrons. The van der Waals surface area contributed by atoms with Crippen LogP contribution in [0.4, 0.5) is 11.4 Å². The van der Waals surface area contributed by atoms with Crippen LogP contribution in [-0.2, 0) is 6.61 Å². The maximum atomic E-state index is 12.9. The lowest BCUT2D eigenvalue weighted by Gasteiger charge is -2.12. The Morgan fingerprint density at radius 2 is 1.62 bits per heavy atom. The lowest BCUT2D eigenvalue weighted by molar-refractivity contribution is 0.102. The van der Waals surface area contributed by atoms with Crippen molar-refractivity contribution in [1.29, 1.82) is 0 Å². The first-order chi connectivity index (χ1) is 13.7. The summed E-state index contributed by atoms with van der Waals surface area (Å²) in [5.41, 5.74) is 8.85. The minimum absolute atomic E-state index is 0. The van der Waals surface area contributed by atoms with E-state index in [0.717, 1.165) is 22.1 Å². The molecular formula is C24H21ClN2O2. The number of nitrogen functional groups attached to an aromatic ring is 1. The average molecular weight is 405 g/mol. The van der Waals surface area contributed by atoms with Gasteiger partial charge in [-0.2, -0.15) is 0 Å². The van der Waals surface area contributed by atoms with E-state index in [4.69, 9.17) is 10.5 Å². The second kappa shape index (κ2) is 9.13. The highest BCUT2D eigenvalue weighted by Crippen LogP contribution is 2.25. The fourth-order valence-electron chi connectivity index (χ4n) is 3.12. The van der Waals surface area contributed by atoms with Crippen molar-refractivity contribution in [3.63, 3.8) is 0 Å². The third-order valence-corrected chi connectivity index (χ3v) is 4.57. The van der Waals surface area contributed by atoms with E-state index in [1.54, 1.807) is 6.07 Å². The first kappa shape index (κ1) is 20.2. The predicted molar refractivity (Wildman–Crippen MR) is 121 cm³/mol. The zero-order chi connectivity index (χ0) is 19.3. The number of rotatable bonds is 5. The number of halogens is 1. The molecule has 4 rings (SSSR count). The number of carbonyl (C=O) groups excluding carboxylic acids is 1. The highest BCUT2D eigenvalue weighted by Gasteiger charge is 2.12. The van der Waals surface area contributed by atoms with Crippen molar-refractivity contribution in [2.24, 2.45) is 0 Å². The van der Waals surface area contributed by atoms with Crippen LogP contribution in [0.5, 0.6) is 5.75 Å². The summed E-state index contributed by atoms with van der Waals surface area (Å²) >= 11 is 0. The molecule has 3 N–H and O–H groups in total. The van der Waals surface area contributed by atoms with Crippen LogP contribution in [0, 0.1) is 0 Å². The van der Waals surface area contributed by atoms with E-state index in [1.165, 1.54) is 0 Å². The largest absolute Gasteiger partial charge is 0.489 e. The molecule has 29 heavy (non-hydrogen) atoms. The molecule has 0 aliphatic heterocycles. The Balaban J connectivity index is 0.00000240. The smallest absolute Gasteiger partial charge is 0.256 e. The van der Waals surface area contributed by atoms with Crippen molar-refractivity contribution in [2.75, 3.05) is 11.1 Å². The quantitative estimate of drug-likeness (QED) is 0.421. The minimum atomic E-state index is -0.180. The fourth-order valence-corrected chi connectivity index (χ4v) is 3.12. The average Bonchev–Trinajstić information content (AvgIpc) is 2.74. The summed E-state index contributed by atoms with van der Waals surface area (Å²) in [4.78, 5) is 12.9. The number of hydrogen-bond acceptors (Lipinski definition) is 3. The molecule has 0 bridgehead atoms. The number of hydrogen-bond donors (Lipinski definition) is 2. The van der Waals surface area contributed by atoms with Crippen LogP contribution in [0.1, 0.15) is 15.9 Å². The van der Waals surface area contributed by atoms with Crippen molar-refractivity contribution < 1.29 is 9.53 Å². The third kappa shape index (κ3) is 4.68. The second-order valence-electron chi connectivity index (χ2n) is 6.50. The van der Waals surface area contributed by atoms with Crippen molar-refractivity contribution in [2.45, 2.75) is 6.61 Å². The molecule has 1 amide bonds. The van der Waals surface area contributed by atoms with Crippen LogP contribution in [0.2, 0.25) is 0 Å². The van der Waals surface area contributed by atoms with E-state index in [1.807, 2.05) is 84.9 Å². The zero-order valence-electron chi connectivity index (χ0n) is 15.7. The molecule has 0 aliphatic rings. The number of benzene rings is 4. The zero-order valence-corrected chi connectivity index (χ0v) is 16.5. The van der Waals surface area contributed by atoms with Crippen molar-refractivity contribution >= 4 is 40.5 Å². The lowest BCUT2D eigenvalue weighted by atomic mass is 10.1. The van der Waals surface area contributed by atoms with Gasteiger partial charge in [0.2, 0.25) is 0 Å². The Hall–Kier alpha value is -3.50. The fraction of sp³-hybridized carbons (Fsp3) is 0.0417. The molecule has 4 aromatic carbocycles. The Bertz CT molecular complexity index is 1130. The van der Waals surface area contributed by atoms with E-state index in [0.29, 0.717) is 23.5 Å². The summed E-state index contributed by atoms with van der Waals surface area (Å²) in [6, 6.07) is 28.5. The molecular weight excluding hydrogens is 384 g/mol. The summed E-state index contributed by atoms with van der Waals surface area (Å²) in [5, 5.41) is 4.92. The molecule has 4 nitrogen and oxygen atoms in total. The third-order valence-electron chi connectivity index (χ3n) is 4.57. The number of fused-ring (bicyclic) bond motifs is 1. The molecule has 0 spiro atoms. The molecule has 0 aromatic heterocycles. The Labute approximate surface area is 175 Å². The molecule has 0 saturated carbocycles. The van der Waals surface area contributed by atoms with E-state index in [9.17, 15) is 4.79 Å². The van der Waals surface area contributed by atoms with Gasteiger partial charge in [-0.05, 0) is 41.8 Å². The second-order valence-corrected chi connectivity index (χ2v) is 6.50. The van der Waals surface area contributed by atoms with Crippen LogP contribution < -0.4 is 15.8 Å². The van der Waals surface area contributed by atoms with E-state index in [2.05, 4.69) is 5.32 Å². The van der Waals surface area contributed by atoms with Gasteiger partial charge in [0, 0.05) is 27.9 Å². The van der Waals surface area contributed by atoms with Crippen LogP contribution in [0.15, 0.2) is 91.0 Å². The number of nitrogens with one attached hydrogen (secondary N) is 1. The Kier molecular flexibility index (Phi) is 6.37. The highest BCUT2D eigenvalue weighted by molar-refractivity contribution is 6.06. The Morgan fingerprint density at radius 3 is 2.45 bits per heavy atom. The maximum absolute atomic E-state index is 12.9. The van der Waals surface area contributed by atoms with Gasteiger partial charge in [0.1, 0.15) is 12.4 Å². The van der Waals surface area contributed by atoms with Gasteiger partial charge in [-0.25, -0.2) is 0 Å². The molecule has 0 atom stereocenters. The number of anilines is 2. The predicted octanol–water partition coefficient (Wildman–Crippen LogP) is 5.68. The van der Waals surface area contributed by atoms with Gasteiger partial charge in [-0.1, -0.05) is 54.6 Å². The topological polar surface area (TPSA) is 64.3 Å². The van der Waals surface area contributed by atoms with Gasteiger partial charge >= 0.3 is 0 Å². The number of carbonyl (C=O) groups is 1. The van der Waals surface area contributed by atoms with Crippen LogP contribution in [0.3, 0.4) is 0 Å². The summed E-state index contributed by atoms with van der Waals surface area (Å²) in [6.07, 6.45) is 0. The molecule has 4 aromatic rings. The summed E-state index contributed by atoms with van der Waals surface area (Å²) in [7, 11) is 0. The van der Waals surface area contributed by atoms with Crippen molar-refractivity contribution in [3.8, 4) is 5.75 Å².